The molecule has 0 fully saturated rings. The molecular formula is C21H26N6OS2. The second-order valence-electron chi connectivity index (χ2n) is 8.37. The maximum Gasteiger partial charge on any atom is 0.239 e. The van der Waals surface area contributed by atoms with Gasteiger partial charge in [0.25, 0.3) is 0 Å². The fourth-order valence-corrected chi connectivity index (χ4v) is 5.48. The van der Waals surface area contributed by atoms with Crippen LogP contribution in [0.1, 0.15) is 49.7 Å². The van der Waals surface area contributed by atoms with Gasteiger partial charge in [0.1, 0.15) is 0 Å². The topological polar surface area (TPSA) is 76.8 Å². The quantitative estimate of drug-likeness (QED) is 0.535. The van der Waals surface area contributed by atoms with Crippen molar-refractivity contribution >= 4 is 34.1 Å². The Balaban J connectivity index is 1.55. The summed E-state index contributed by atoms with van der Waals surface area (Å²) in [6, 6.07) is 10.1. The second-order valence-corrected chi connectivity index (χ2v) is 10.4. The van der Waals surface area contributed by atoms with Gasteiger partial charge in [0, 0.05) is 4.88 Å². The minimum absolute atomic E-state index is 0.0124. The number of hydrogen-bond acceptors (Lipinski definition) is 7. The van der Waals surface area contributed by atoms with Gasteiger partial charge in [0.05, 0.1) is 23.5 Å². The van der Waals surface area contributed by atoms with Crippen LogP contribution in [-0.4, -0.2) is 36.9 Å². The lowest BCUT2D eigenvalue weighted by molar-refractivity contribution is -0.116. The van der Waals surface area contributed by atoms with Gasteiger partial charge in [-0.15, -0.1) is 16.4 Å². The number of rotatable bonds is 6. The van der Waals surface area contributed by atoms with E-state index in [-0.39, 0.29) is 17.2 Å². The predicted molar refractivity (Wildman–Crippen MR) is 120 cm³/mol. The number of carbonyl (C=O) groups is 1. The number of benzene rings is 1. The van der Waals surface area contributed by atoms with Gasteiger partial charge in [-0.25, -0.2) is 9.67 Å². The molecule has 9 heteroatoms. The second kappa shape index (κ2) is 8.85. The Morgan fingerprint density at radius 1 is 1.20 bits per heavy atom. The number of carbonyl (C=O) groups excluding carboxylic acids is 1. The summed E-state index contributed by atoms with van der Waals surface area (Å²) in [5.41, 5.74) is 2.01. The molecule has 0 spiro atoms. The summed E-state index contributed by atoms with van der Waals surface area (Å²) in [6.07, 6.45) is 4.45. The van der Waals surface area contributed by atoms with Crippen LogP contribution in [0.25, 0.3) is 0 Å². The van der Waals surface area contributed by atoms with E-state index in [4.69, 9.17) is 4.98 Å². The van der Waals surface area contributed by atoms with Gasteiger partial charge in [-0.3, -0.25) is 9.69 Å². The third-order valence-electron chi connectivity index (χ3n) is 4.95. The van der Waals surface area contributed by atoms with E-state index in [0.29, 0.717) is 11.7 Å². The molecule has 158 valence electrons. The lowest BCUT2D eigenvalue weighted by Gasteiger charge is -2.21. The molecule has 0 atom stereocenters. The average molecular weight is 443 g/mol. The first kappa shape index (κ1) is 21.0. The number of hydrogen-bond donors (Lipinski definition) is 0. The number of thioether (sulfide) groups is 1. The Hall–Kier alpha value is -2.26. The zero-order valence-electron chi connectivity index (χ0n) is 17.5. The van der Waals surface area contributed by atoms with Crippen LogP contribution in [0.15, 0.2) is 35.5 Å². The number of amides is 1. The molecule has 4 rings (SSSR count). The zero-order valence-corrected chi connectivity index (χ0v) is 19.2. The number of anilines is 1. The van der Waals surface area contributed by atoms with Crippen molar-refractivity contribution in [2.24, 2.45) is 0 Å². The summed E-state index contributed by atoms with van der Waals surface area (Å²) in [6.45, 7) is 6.63. The molecule has 7 nitrogen and oxygen atoms in total. The molecule has 1 aromatic carbocycles. The van der Waals surface area contributed by atoms with Gasteiger partial charge in [-0.2, -0.15) is 0 Å². The Morgan fingerprint density at radius 3 is 2.70 bits per heavy atom. The number of fused-ring (bicyclic) bond motifs is 1. The third kappa shape index (κ3) is 4.73. The Kier molecular flexibility index (Phi) is 6.19. The molecule has 1 aliphatic rings. The zero-order chi connectivity index (χ0) is 21.1. The lowest BCUT2D eigenvalue weighted by Crippen LogP contribution is -2.32. The van der Waals surface area contributed by atoms with E-state index in [0.717, 1.165) is 29.2 Å². The molecule has 2 aromatic heterocycles. The first-order valence-corrected chi connectivity index (χ1v) is 12.0. The summed E-state index contributed by atoms with van der Waals surface area (Å²) in [4.78, 5) is 21.3. The number of nitrogens with zero attached hydrogens (tertiary/aromatic N) is 6. The molecule has 3 aromatic rings. The fraction of sp³-hybridized carbons (Fsp3) is 0.476. The molecule has 1 amide bonds. The first-order valence-electron chi connectivity index (χ1n) is 10.2. The van der Waals surface area contributed by atoms with E-state index in [2.05, 4.69) is 15.5 Å². The van der Waals surface area contributed by atoms with Crippen LogP contribution in [0.5, 0.6) is 0 Å². The predicted octanol–water partition coefficient (Wildman–Crippen LogP) is 4.09. The minimum atomic E-state index is -0.243. The molecule has 0 aliphatic heterocycles. The van der Waals surface area contributed by atoms with Crippen molar-refractivity contribution in [1.82, 2.24) is 25.2 Å². The molecular weight excluding hydrogens is 416 g/mol. The van der Waals surface area contributed by atoms with Gasteiger partial charge in [-0.05, 0) is 62.4 Å². The fourth-order valence-electron chi connectivity index (χ4n) is 3.38. The van der Waals surface area contributed by atoms with Crippen LogP contribution in [0.4, 0.5) is 5.13 Å². The molecule has 0 bridgehead atoms. The first-order chi connectivity index (χ1) is 14.4. The summed E-state index contributed by atoms with van der Waals surface area (Å²) >= 11 is 3.03. The van der Waals surface area contributed by atoms with Gasteiger partial charge in [0.15, 0.2) is 5.13 Å². The highest BCUT2D eigenvalue weighted by molar-refractivity contribution is 7.99. The number of aromatic nitrogens is 5. The molecule has 0 radical (unpaired) electrons. The smallest absolute Gasteiger partial charge is 0.239 e. The maximum absolute atomic E-state index is 13.3. The van der Waals surface area contributed by atoms with E-state index in [1.807, 2.05) is 56.0 Å². The molecule has 0 N–H and O–H groups in total. The molecule has 2 heterocycles. The molecule has 0 saturated heterocycles. The van der Waals surface area contributed by atoms with Crippen molar-refractivity contribution in [2.75, 3.05) is 10.7 Å². The van der Waals surface area contributed by atoms with Crippen molar-refractivity contribution < 1.29 is 4.79 Å². The highest BCUT2D eigenvalue weighted by Crippen LogP contribution is 2.33. The van der Waals surface area contributed by atoms with E-state index < -0.39 is 0 Å². The van der Waals surface area contributed by atoms with E-state index in [9.17, 15) is 4.79 Å². The van der Waals surface area contributed by atoms with Crippen LogP contribution >= 0.6 is 23.1 Å². The van der Waals surface area contributed by atoms with Gasteiger partial charge in [0.2, 0.25) is 11.1 Å². The van der Waals surface area contributed by atoms with Crippen LogP contribution in [0, 0.1) is 0 Å². The number of aryl methyl sites for hydroxylation is 2. The standard InChI is InChI=1S/C21H26N6OS2/c1-21(2,3)27-20(23-24-25-27)29-14-18(28)26(13-15-9-5-4-6-10-15)19-22-16-11-7-8-12-17(16)30-19/h4-6,9-10H,7-8,11-14H2,1-3H3. The number of thiazole rings is 1. The summed E-state index contributed by atoms with van der Waals surface area (Å²) < 4.78 is 1.76. The van der Waals surface area contributed by atoms with Gasteiger partial charge < -0.3 is 0 Å². The summed E-state index contributed by atoms with van der Waals surface area (Å²) in [7, 11) is 0. The molecule has 30 heavy (non-hydrogen) atoms. The third-order valence-corrected chi connectivity index (χ3v) is 7.04. The maximum atomic E-state index is 13.3. The largest absolute Gasteiger partial charge is 0.283 e. The van der Waals surface area contributed by atoms with E-state index in [1.165, 1.54) is 29.5 Å². The minimum Gasteiger partial charge on any atom is -0.283 e. The van der Waals surface area contributed by atoms with Crippen molar-refractivity contribution in [3.8, 4) is 0 Å². The SMILES string of the molecule is CC(C)(C)n1nnnc1SCC(=O)N(Cc1ccccc1)c1nc2c(s1)CCCC2. The average Bonchev–Trinajstić information content (AvgIpc) is 3.37. The number of tetrazole rings is 1. The Morgan fingerprint density at radius 2 is 1.97 bits per heavy atom. The van der Waals surface area contributed by atoms with Gasteiger partial charge >= 0.3 is 0 Å². The van der Waals surface area contributed by atoms with Crippen LogP contribution in [0.2, 0.25) is 0 Å². The Labute approximate surface area is 184 Å². The summed E-state index contributed by atoms with van der Waals surface area (Å²) in [5.74, 6) is 0.270. The van der Waals surface area contributed by atoms with Crippen molar-refractivity contribution in [2.45, 2.75) is 63.7 Å². The highest BCUT2D eigenvalue weighted by Gasteiger charge is 2.25. The van der Waals surface area contributed by atoms with Crippen molar-refractivity contribution in [3.05, 3.63) is 46.5 Å². The van der Waals surface area contributed by atoms with E-state index in [1.54, 1.807) is 16.0 Å². The van der Waals surface area contributed by atoms with Crippen LogP contribution in [0.3, 0.4) is 0 Å². The highest BCUT2D eigenvalue weighted by atomic mass is 32.2. The van der Waals surface area contributed by atoms with Crippen LogP contribution in [-0.2, 0) is 29.7 Å². The summed E-state index contributed by atoms with van der Waals surface area (Å²) in [5, 5.41) is 13.4. The lowest BCUT2D eigenvalue weighted by atomic mass is 10.0. The molecule has 0 saturated carbocycles. The normalized spacial score (nSPS) is 13.8. The van der Waals surface area contributed by atoms with Crippen molar-refractivity contribution in [1.29, 1.82) is 0 Å². The molecule has 1 aliphatic carbocycles. The van der Waals surface area contributed by atoms with Gasteiger partial charge in [-0.1, -0.05) is 42.1 Å². The van der Waals surface area contributed by atoms with E-state index >= 15 is 0 Å². The molecule has 0 unspecified atom stereocenters. The Bertz CT molecular complexity index is 985. The van der Waals surface area contributed by atoms with Crippen molar-refractivity contribution in [3.63, 3.8) is 0 Å². The monoisotopic (exact) mass is 442 g/mol. The van der Waals surface area contributed by atoms with Crippen LogP contribution < -0.4 is 4.90 Å².